The molecule has 0 bridgehead atoms. The van der Waals surface area contributed by atoms with Gasteiger partial charge in [0.25, 0.3) is 0 Å². The van der Waals surface area contributed by atoms with Gasteiger partial charge in [-0.15, -0.1) is 0 Å². The Labute approximate surface area is 156 Å². The average molecular weight is 354 g/mol. The minimum absolute atomic E-state index is 0.0404. The van der Waals surface area contributed by atoms with Crippen LogP contribution in [0.15, 0.2) is 29.0 Å². The highest BCUT2D eigenvalue weighted by molar-refractivity contribution is 5.96. The second-order valence-corrected chi connectivity index (χ2v) is 10.4. The summed E-state index contributed by atoms with van der Waals surface area (Å²) in [5.74, 6) is 3.31. The van der Waals surface area contributed by atoms with E-state index >= 15 is 0 Å². The molecule has 3 unspecified atom stereocenters. The molecule has 26 heavy (non-hydrogen) atoms. The fraction of sp³-hybridized carbons (Fsp3) is 0.783. The molecule has 1 aliphatic heterocycles. The topological polar surface area (TPSA) is 41.8 Å². The monoisotopic (exact) mass is 353 g/mol. The molecule has 6 aliphatic rings. The van der Waals surface area contributed by atoms with Gasteiger partial charge in [0.2, 0.25) is 0 Å². The molecule has 0 radical (unpaired) electrons. The second kappa shape index (κ2) is 5.04. The average Bonchev–Trinajstić information content (AvgIpc) is 3.14. The number of ether oxygens (including phenoxy) is 1. The van der Waals surface area contributed by atoms with E-state index in [0.717, 1.165) is 42.4 Å². The van der Waals surface area contributed by atoms with Crippen molar-refractivity contribution in [1.82, 2.24) is 0 Å². The first-order chi connectivity index (χ1) is 12.6. The molecule has 6 rings (SSSR count). The van der Waals surface area contributed by atoms with E-state index in [1.165, 1.54) is 51.4 Å². The molecule has 0 saturated heterocycles. The fourth-order valence-electron chi connectivity index (χ4n) is 8.24. The lowest BCUT2D eigenvalue weighted by Gasteiger charge is -2.57. The van der Waals surface area contributed by atoms with Gasteiger partial charge >= 0.3 is 0 Å². The van der Waals surface area contributed by atoms with Gasteiger partial charge in [-0.2, -0.15) is 0 Å². The number of rotatable bonds is 0. The van der Waals surface area contributed by atoms with Gasteiger partial charge in [-0.3, -0.25) is 0 Å². The van der Waals surface area contributed by atoms with Crippen LogP contribution < -0.4 is 0 Å². The lowest BCUT2D eigenvalue weighted by molar-refractivity contribution is -0.114. The zero-order valence-corrected chi connectivity index (χ0v) is 15.9. The number of fused-ring (bicyclic) bond motifs is 7. The molecule has 4 saturated carbocycles. The van der Waals surface area contributed by atoms with E-state index < -0.39 is 0 Å². The van der Waals surface area contributed by atoms with Crippen molar-refractivity contribution >= 4 is 5.71 Å². The van der Waals surface area contributed by atoms with Crippen LogP contribution in [0.3, 0.4) is 0 Å². The van der Waals surface area contributed by atoms with Gasteiger partial charge in [0.15, 0.2) is 0 Å². The van der Waals surface area contributed by atoms with Gasteiger partial charge in [0.1, 0.15) is 0 Å². The summed E-state index contributed by atoms with van der Waals surface area (Å²) < 4.78 is 6.39. The first kappa shape index (κ1) is 15.9. The van der Waals surface area contributed by atoms with Crippen LogP contribution in [0, 0.1) is 34.5 Å². The van der Waals surface area contributed by atoms with Crippen molar-refractivity contribution in [3.8, 4) is 0 Å². The van der Waals surface area contributed by atoms with Crippen LogP contribution >= 0.6 is 0 Å². The minimum Gasteiger partial charge on any atom is -0.411 e. The first-order valence-electron chi connectivity index (χ1n) is 10.9. The predicted molar refractivity (Wildman–Crippen MR) is 101 cm³/mol. The third-order valence-corrected chi connectivity index (χ3v) is 9.67. The third kappa shape index (κ3) is 1.81. The second-order valence-electron chi connectivity index (χ2n) is 10.4. The van der Waals surface area contributed by atoms with Crippen molar-refractivity contribution in [2.24, 2.45) is 39.7 Å². The molecule has 5 aliphatic carbocycles. The molecule has 140 valence electrons. The van der Waals surface area contributed by atoms with Gasteiger partial charge in [0.05, 0.1) is 17.9 Å². The highest BCUT2D eigenvalue weighted by Crippen LogP contribution is 2.72. The van der Waals surface area contributed by atoms with Crippen molar-refractivity contribution in [3.63, 3.8) is 0 Å². The number of allylic oxidation sites excluding steroid dienone is 2. The van der Waals surface area contributed by atoms with E-state index in [9.17, 15) is 5.21 Å². The maximum Gasteiger partial charge on any atom is 0.0923 e. The Kier molecular flexibility index (Phi) is 3.08. The number of nitrogens with zero attached hydrogens (tertiary/aromatic N) is 1. The van der Waals surface area contributed by atoms with E-state index in [-0.39, 0.29) is 5.60 Å². The zero-order valence-electron chi connectivity index (χ0n) is 15.9. The molecule has 1 N–H and O–H groups in total. The summed E-state index contributed by atoms with van der Waals surface area (Å²) in [5, 5.41) is 12.9. The molecular weight excluding hydrogens is 322 g/mol. The molecule has 3 nitrogen and oxygen atoms in total. The first-order valence-corrected chi connectivity index (χ1v) is 10.9. The van der Waals surface area contributed by atoms with Gasteiger partial charge in [0, 0.05) is 5.41 Å². The summed E-state index contributed by atoms with van der Waals surface area (Å²) in [5.41, 5.74) is 3.43. The Morgan fingerprint density at radius 2 is 2.00 bits per heavy atom. The van der Waals surface area contributed by atoms with Gasteiger partial charge in [-0.05, 0) is 93.0 Å². The van der Waals surface area contributed by atoms with Crippen LogP contribution in [0.2, 0.25) is 0 Å². The van der Waals surface area contributed by atoms with Crippen molar-refractivity contribution < 1.29 is 9.94 Å². The van der Waals surface area contributed by atoms with Crippen molar-refractivity contribution in [2.45, 2.75) is 70.3 Å². The highest BCUT2D eigenvalue weighted by atomic mass is 16.5. The number of hydrogen-bond donors (Lipinski definition) is 1. The van der Waals surface area contributed by atoms with Crippen molar-refractivity contribution in [2.75, 3.05) is 6.61 Å². The molecule has 0 aromatic heterocycles. The molecule has 0 amide bonds. The maximum absolute atomic E-state index is 9.30. The maximum atomic E-state index is 9.30. The molecule has 1 heterocycles. The van der Waals surface area contributed by atoms with E-state index in [1.807, 2.05) is 0 Å². The molecular formula is C23H31NO2. The number of hydrogen-bond acceptors (Lipinski definition) is 3. The summed E-state index contributed by atoms with van der Waals surface area (Å²) in [6.07, 6.45) is 18.5. The Morgan fingerprint density at radius 1 is 1.12 bits per heavy atom. The summed E-state index contributed by atoms with van der Waals surface area (Å²) >= 11 is 0. The van der Waals surface area contributed by atoms with Crippen LogP contribution in [0.4, 0.5) is 0 Å². The molecule has 0 aromatic rings. The van der Waals surface area contributed by atoms with E-state index in [2.05, 4.69) is 30.3 Å². The predicted octanol–water partition coefficient (Wildman–Crippen LogP) is 5.10. The van der Waals surface area contributed by atoms with Crippen LogP contribution in [0.25, 0.3) is 0 Å². The van der Waals surface area contributed by atoms with Gasteiger partial charge in [-0.25, -0.2) is 0 Å². The lowest BCUT2D eigenvalue weighted by atomic mass is 9.48. The van der Waals surface area contributed by atoms with Crippen molar-refractivity contribution in [1.29, 1.82) is 0 Å². The highest BCUT2D eigenvalue weighted by Gasteiger charge is 2.66. The summed E-state index contributed by atoms with van der Waals surface area (Å²) in [6.45, 7) is 3.37. The van der Waals surface area contributed by atoms with Crippen molar-refractivity contribution in [3.05, 3.63) is 23.8 Å². The largest absolute Gasteiger partial charge is 0.411 e. The Hall–Kier alpha value is -1.09. The Morgan fingerprint density at radius 3 is 2.73 bits per heavy atom. The molecule has 0 aromatic carbocycles. The Balaban J connectivity index is 1.38. The fourth-order valence-corrected chi connectivity index (χ4v) is 8.24. The van der Waals surface area contributed by atoms with Crippen LogP contribution in [0.1, 0.15) is 64.7 Å². The standard InChI is InChI=1S/C23H31NO2/c1-21-8-5-16-17-4-3-15(24-25)13-20(17)22(10-11-22)14-18(16)19(21)6-9-23(21)7-2-12-26-23/h2,7,13,16-19,25H,3-6,8-12,14H2,1H3/b24-15+/t16?,17-,18?,19?,21+,23+/m1/s1. The molecule has 3 heteroatoms. The van der Waals surface area contributed by atoms with Crippen LogP contribution in [-0.4, -0.2) is 23.1 Å². The minimum atomic E-state index is 0.0404. The lowest BCUT2D eigenvalue weighted by Crippen LogP contribution is -2.53. The quantitative estimate of drug-likeness (QED) is 0.374. The van der Waals surface area contributed by atoms with E-state index in [1.54, 1.807) is 5.57 Å². The molecule has 4 fully saturated rings. The number of oxime groups is 1. The molecule has 2 spiro atoms. The van der Waals surface area contributed by atoms with E-state index in [4.69, 9.17) is 4.74 Å². The normalized spacial score (nSPS) is 52.0. The van der Waals surface area contributed by atoms with Gasteiger partial charge in [-0.1, -0.05) is 29.8 Å². The third-order valence-electron chi connectivity index (χ3n) is 9.67. The SMILES string of the molecule is C[C@]12CCC3C(CC4(CC4)C4=C/C(=N/O)CC[C@@H]43)C1CC[C@@]21C=CCO1. The smallest absolute Gasteiger partial charge is 0.0923 e. The Bertz CT molecular complexity index is 732. The molecule has 6 atom stereocenters. The summed E-state index contributed by atoms with van der Waals surface area (Å²) in [6, 6.07) is 0. The van der Waals surface area contributed by atoms with Gasteiger partial charge < -0.3 is 9.94 Å². The summed E-state index contributed by atoms with van der Waals surface area (Å²) in [7, 11) is 0. The van der Waals surface area contributed by atoms with Crippen LogP contribution in [-0.2, 0) is 4.74 Å². The zero-order chi connectivity index (χ0) is 17.6. The van der Waals surface area contributed by atoms with Crippen LogP contribution in [0.5, 0.6) is 0 Å². The summed E-state index contributed by atoms with van der Waals surface area (Å²) in [4.78, 5) is 0. The van der Waals surface area contributed by atoms with E-state index in [0.29, 0.717) is 10.8 Å².